The van der Waals surface area contributed by atoms with Gasteiger partial charge < -0.3 is 19.9 Å². The normalized spacial score (nSPS) is 13.6. The number of aryl methyl sites for hydroxylation is 1. The summed E-state index contributed by atoms with van der Waals surface area (Å²) in [5, 5.41) is 2.64. The second kappa shape index (κ2) is 7.70. The number of likely N-dealkylation sites (N-methyl/N-ethyl adjacent to an activating group) is 1. The molecule has 3 rings (SSSR count). The van der Waals surface area contributed by atoms with Gasteiger partial charge in [-0.2, -0.15) is 0 Å². The van der Waals surface area contributed by atoms with Crippen LogP contribution in [0.1, 0.15) is 39.3 Å². The van der Waals surface area contributed by atoms with Gasteiger partial charge in [0.25, 0.3) is 5.91 Å². The maximum absolute atomic E-state index is 14.2. The zero-order valence-corrected chi connectivity index (χ0v) is 14.9. The van der Waals surface area contributed by atoms with Crippen LogP contribution in [-0.2, 0) is 6.42 Å². The number of Topliss-reactive ketones (excluding diaryl/α,β-unsaturated/α-hetero) is 1. The quantitative estimate of drug-likeness (QED) is 0.832. The average Bonchev–Trinajstić information content (AvgIpc) is 3.02. The molecule has 1 heterocycles. The summed E-state index contributed by atoms with van der Waals surface area (Å²) in [7, 11) is 3.81. The number of nitrogens with one attached hydrogen (secondary N) is 2. The Balaban J connectivity index is 1.69. The molecule has 1 amide bonds. The number of fused-ring (bicyclic) bond motifs is 1. The van der Waals surface area contributed by atoms with E-state index in [4.69, 9.17) is 4.74 Å². The molecule has 2 N–H and O–H groups in total. The summed E-state index contributed by atoms with van der Waals surface area (Å²) in [5.74, 6) is -0.875. The van der Waals surface area contributed by atoms with Crippen molar-refractivity contribution in [2.75, 3.05) is 32.6 Å². The van der Waals surface area contributed by atoms with Crippen LogP contribution in [0.3, 0.4) is 0 Å². The summed E-state index contributed by atoms with van der Waals surface area (Å²) in [6.45, 7) is 1.04. The highest BCUT2D eigenvalue weighted by molar-refractivity contribution is 6.13. The van der Waals surface area contributed by atoms with Gasteiger partial charge in [0.2, 0.25) is 0 Å². The first kappa shape index (κ1) is 18.1. The molecule has 0 atom stereocenters. The molecule has 1 aromatic carbocycles. The molecular weight excluding hydrogens is 337 g/mol. The van der Waals surface area contributed by atoms with Crippen LogP contribution in [0, 0.1) is 5.82 Å². The lowest BCUT2D eigenvalue weighted by Gasteiger charge is -2.13. The topological polar surface area (TPSA) is 74.4 Å². The van der Waals surface area contributed by atoms with E-state index in [1.54, 1.807) is 6.07 Å². The van der Waals surface area contributed by atoms with Gasteiger partial charge in [0.05, 0.1) is 11.1 Å². The van der Waals surface area contributed by atoms with Crippen LogP contribution in [0.25, 0.3) is 0 Å². The molecule has 1 aliphatic carbocycles. The molecule has 1 aromatic heterocycles. The molecular formula is C19H22FN3O3. The predicted molar refractivity (Wildman–Crippen MR) is 96.5 cm³/mol. The van der Waals surface area contributed by atoms with Crippen molar-refractivity contribution in [3.63, 3.8) is 0 Å². The maximum atomic E-state index is 14.2. The summed E-state index contributed by atoms with van der Waals surface area (Å²) in [6, 6.07) is 4.27. The molecule has 2 aromatic rings. The molecule has 6 nitrogen and oxygen atoms in total. The Morgan fingerprint density at radius 1 is 1.35 bits per heavy atom. The van der Waals surface area contributed by atoms with Crippen LogP contribution in [0.15, 0.2) is 24.4 Å². The van der Waals surface area contributed by atoms with Crippen molar-refractivity contribution in [3.05, 3.63) is 47.0 Å². The number of rotatable bonds is 6. The third-order valence-corrected chi connectivity index (χ3v) is 4.30. The van der Waals surface area contributed by atoms with Gasteiger partial charge >= 0.3 is 0 Å². The van der Waals surface area contributed by atoms with Gasteiger partial charge in [0.15, 0.2) is 17.3 Å². The summed E-state index contributed by atoms with van der Waals surface area (Å²) in [5.41, 5.74) is 1.86. The Bertz CT molecular complexity index is 829. The Morgan fingerprint density at radius 3 is 2.88 bits per heavy atom. The molecule has 0 radical (unpaired) electrons. The number of hydrogen-bond donors (Lipinski definition) is 2. The minimum atomic E-state index is -0.547. The number of carbonyl (C=O) groups is 2. The Morgan fingerprint density at radius 2 is 2.15 bits per heavy atom. The van der Waals surface area contributed by atoms with E-state index < -0.39 is 11.7 Å². The number of benzene rings is 1. The number of amides is 1. The SMILES string of the molecule is CN(C)CCOc1ccc(NC(=O)c2c[nH]c3c2C(=O)CCC3)cc1F. The average molecular weight is 359 g/mol. The molecule has 0 spiro atoms. The van der Waals surface area contributed by atoms with E-state index in [1.807, 2.05) is 19.0 Å². The summed E-state index contributed by atoms with van der Waals surface area (Å²) >= 11 is 0. The molecule has 0 saturated heterocycles. The summed E-state index contributed by atoms with van der Waals surface area (Å²) in [6.07, 6.45) is 3.52. The Hall–Kier alpha value is -2.67. The van der Waals surface area contributed by atoms with Crippen LogP contribution in [0.5, 0.6) is 5.75 Å². The van der Waals surface area contributed by atoms with Crippen LogP contribution in [-0.4, -0.2) is 48.8 Å². The van der Waals surface area contributed by atoms with Crippen molar-refractivity contribution < 1.29 is 18.7 Å². The van der Waals surface area contributed by atoms with Crippen molar-refractivity contribution in [1.29, 1.82) is 0 Å². The standard InChI is InChI=1S/C19H22FN3O3/c1-23(2)8-9-26-17-7-6-12(10-14(17)20)22-19(25)13-11-21-15-4-3-5-16(24)18(13)15/h6-7,10-11,21H,3-5,8-9H2,1-2H3,(H,22,25). The van der Waals surface area contributed by atoms with Gasteiger partial charge in [-0.3, -0.25) is 9.59 Å². The zero-order valence-electron chi connectivity index (χ0n) is 14.9. The molecule has 26 heavy (non-hydrogen) atoms. The van der Waals surface area contributed by atoms with Gasteiger partial charge in [-0.25, -0.2) is 4.39 Å². The molecule has 0 fully saturated rings. The highest BCUT2D eigenvalue weighted by Crippen LogP contribution is 2.26. The van der Waals surface area contributed by atoms with Gasteiger partial charge in [0, 0.05) is 36.6 Å². The molecule has 1 aliphatic rings. The molecule has 7 heteroatoms. The first-order chi connectivity index (χ1) is 12.5. The number of ketones is 1. The smallest absolute Gasteiger partial charge is 0.257 e. The number of H-pyrrole nitrogens is 1. The van der Waals surface area contributed by atoms with Crippen molar-refractivity contribution >= 4 is 17.4 Å². The van der Waals surface area contributed by atoms with E-state index in [0.29, 0.717) is 36.4 Å². The van der Waals surface area contributed by atoms with Crippen molar-refractivity contribution in [1.82, 2.24) is 9.88 Å². The van der Waals surface area contributed by atoms with Crippen molar-refractivity contribution in [2.45, 2.75) is 19.3 Å². The largest absolute Gasteiger partial charge is 0.489 e. The second-order valence-corrected chi connectivity index (χ2v) is 6.58. The highest BCUT2D eigenvalue weighted by atomic mass is 19.1. The van der Waals surface area contributed by atoms with Crippen molar-refractivity contribution in [2.24, 2.45) is 0 Å². The fourth-order valence-corrected chi connectivity index (χ4v) is 2.94. The van der Waals surface area contributed by atoms with Crippen LogP contribution in [0.4, 0.5) is 10.1 Å². The third-order valence-electron chi connectivity index (χ3n) is 4.30. The number of aromatic amines is 1. The number of nitrogens with zero attached hydrogens (tertiary/aromatic N) is 1. The van der Waals surface area contributed by atoms with Crippen molar-refractivity contribution in [3.8, 4) is 5.75 Å². The first-order valence-corrected chi connectivity index (χ1v) is 8.57. The first-order valence-electron chi connectivity index (χ1n) is 8.57. The number of hydrogen-bond acceptors (Lipinski definition) is 4. The molecule has 0 saturated carbocycles. The van der Waals surface area contributed by atoms with Gasteiger partial charge in [-0.05, 0) is 39.1 Å². The van der Waals surface area contributed by atoms with E-state index in [9.17, 15) is 14.0 Å². The number of anilines is 1. The second-order valence-electron chi connectivity index (χ2n) is 6.58. The van der Waals surface area contributed by atoms with E-state index in [1.165, 1.54) is 18.3 Å². The van der Waals surface area contributed by atoms with Crippen LogP contribution in [0.2, 0.25) is 0 Å². The van der Waals surface area contributed by atoms with Gasteiger partial charge in [-0.1, -0.05) is 0 Å². The van der Waals surface area contributed by atoms with Crippen LogP contribution < -0.4 is 10.1 Å². The molecule has 138 valence electrons. The maximum Gasteiger partial charge on any atom is 0.257 e. The summed E-state index contributed by atoms with van der Waals surface area (Å²) in [4.78, 5) is 29.5. The lowest BCUT2D eigenvalue weighted by Crippen LogP contribution is -2.20. The monoisotopic (exact) mass is 359 g/mol. The molecule has 0 bridgehead atoms. The Labute approximate surface area is 151 Å². The molecule has 0 aliphatic heterocycles. The molecule has 0 unspecified atom stereocenters. The lowest BCUT2D eigenvalue weighted by molar-refractivity contribution is 0.0956. The number of carbonyl (C=O) groups excluding carboxylic acids is 2. The van der Waals surface area contributed by atoms with Crippen LogP contribution >= 0.6 is 0 Å². The third kappa shape index (κ3) is 3.94. The number of halogens is 1. The predicted octanol–water partition coefficient (Wildman–Crippen LogP) is 2.87. The summed E-state index contributed by atoms with van der Waals surface area (Å²) < 4.78 is 19.5. The number of aromatic nitrogens is 1. The number of ether oxygens (including phenoxy) is 1. The van der Waals surface area contributed by atoms with Gasteiger partial charge in [-0.15, -0.1) is 0 Å². The highest BCUT2D eigenvalue weighted by Gasteiger charge is 2.26. The fourth-order valence-electron chi connectivity index (χ4n) is 2.94. The van der Waals surface area contributed by atoms with E-state index >= 15 is 0 Å². The lowest BCUT2D eigenvalue weighted by atomic mass is 9.93. The van der Waals surface area contributed by atoms with E-state index in [2.05, 4.69) is 10.3 Å². The fraction of sp³-hybridized carbons (Fsp3) is 0.368. The minimum Gasteiger partial charge on any atom is -0.489 e. The van der Waals surface area contributed by atoms with E-state index in [-0.39, 0.29) is 11.5 Å². The Kier molecular flexibility index (Phi) is 5.37. The van der Waals surface area contributed by atoms with Gasteiger partial charge in [0.1, 0.15) is 6.61 Å². The minimum absolute atomic E-state index is 0.0338. The zero-order chi connectivity index (χ0) is 18.7. The van der Waals surface area contributed by atoms with E-state index in [0.717, 1.165) is 18.5 Å².